The topological polar surface area (TPSA) is 36.7 Å². The van der Waals surface area contributed by atoms with Crippen molar-refractivity contribution >= 4 is 38.6 Å². The molecule has 0 unspecified atom stereocenters. The lowest BCUT2D eigenvalue weighted by molar-refractivity contribution is 0.317. The van der Waals surface area contributed by atoms with E-state index in [2.05, 4.69) is 33.0 Å². The predicted molar refractivity (Wildman–Crippen MR) is 74.3 cm³/mol. The minimum atomic E-state index is -0.288. The molecule has 86 valence electrons. The fraction of sp³-hybridized carbons (Fsp3) is 0.333. The van der Waals surface area contributed by atoms with Gasteiger partial charge in [-0.05, 0) is 47.3 Å². The lowest BCUT2D eigenvalue weighted by Gasteiger charge is -2.33. The molecule has 0 N–H and O–H groups in total. The predicted octanol–water partition coefficient (Wildman–Crippen LogP) is 4.58. The molecule has 2 heterocycles. The summed E-state index contributed by atoms with van der Waals surface area (Å²) in [4.78, 5) is 5.81. The summed E-state index contributed by atoms with van der Waals surface area (Å²) in [6.07, 6.45) is 3.06. The van der Waals surface area contributed by atoms with Gasteiger partial charge in [-0.1, -0.05) is 0 Å². The van der Waals surface area contributed by atoms with Crippen molar-refractivity contribution in [2.45, 2.75) is 24.7 Å². The maximum absolute atomic E-state index is 9.28. The average Bonchev–Trinajstić information content (AvgIpc) is 2.86. The normalized spacial score (nSPS) is 17.4. The summed E-state index contributed by atoms with van der Waals surface area (Å²) >= 11 is 6.77. The van der Waals surface area contributed by atoms with Crippen LogP contribution in [0.2, 0.25) is 0 Å². The first-order chi connectivity index (χ1) is 8.23. The van der Waals surface area contributed by atoms with Gasteiger partial charge in [0.15, 0.2) is 0 Å². The number of nitrogens with zero attached hydrogens (tertiary/aromatic N) is 2. The second-order valence-electron chi connectivity index (χ2n) is 4.19. The summed E-state index contributed by atoms with van der Waals surface area (Å²) in [7, 11) is 0. The maximum atomic E-state index is 9.28. The highest BCUT2D eigenvalue weighted by Crippen LogP contribution is 2.44. The summed E-state index contributed by atoms with van der Waals surface area (Å²) in [5, 5.41) is 12.4. The van der Waals surface area contributed by atoms with E-state index in [9.17, 15) is 5.26 Å². The third-order valence-electron chi connectivity index (χ3n) is 3.20. The summed E-state index contributed by atoms with van der Waals surface area (Å²) in [6, 6.07) is 6.54. The van der Waals surface area contributed by atoms with E-state index >= 15 is 0 Å². The molecule has 1 aliphatic rings. The smallest absolute Gasteiger partial charge is 0.133 e. The number of thiazole rings is 1. The van der Waals surface area contributed by atoms with Crippen molar-refractivity contribution in [3.8, 4) is 16.0 Å². The Morgan fingerprint density at radius 1 is 1.41 bits per heavy atom. The quantitative estimate of drug-likeness (QED) is 0.810. The van der Waals surface area contributed by atoms with E-state index in [1.807, 2.05) is 11.4 Å². The van der Waals surface area contributed by atoms with Crippen LogP contribution in [0, 0.1) is 11.3 Å². The van der Waals surface area contributed by atoms with Crippen molar-refractivity contribution < 1.29 is 0 Å². The van der Waals surface area contributed by atoms with Gasteiger partial charge in [0.2, 0.25) is 0 Å². The Balaban J connectivity index is 1.96. The summed E-state index contributed by atoms with van der Waals surface area (Å²) in [5.41, 5.74) is 0.680. The van der Waals surface area contributed by atoms with E-state index in [0.717, 1.165) is 33.8 Å². The monoisotopic (exact) mass is 324 g/mol. The van der Waals surface area contributed by atoms with Crippen LogP contribution in [0.15, 0.2) is 21.3 Å². The van der Waals surface area contributed by atoms with Crippen LogP contribution in [0.3, 0.4) is 0 Å². The van der Waals surface area contributed by atoms with Gasteiger partial charge in [0.05, 0.1) is 20.4 Å². The fourth-order valence-electron chi connectivity index (χ4n) is 1.99. The number of nitriles is 1. The molecule has 2 aromatic heterocycles. The first-order valence-corrected chi connectivity index (χ1v) is 7.85. The van der Waals surface area contributed by atoms with Crippen molar-refractivity contribution in [1.29, 1.82) is 5.26 Å². The maximum Gasteiger partial charge on any atom is 0.133 e. The van der Waals surface area contributed by atoms with Crippen LogP contribution in [0.5, 0.6) is 0 Å². The Morgan fingerprint density at radius 2 is 2.24 bits per heavy atom. The molecule has 2 nitrogen and oxygen atoms in total. The highest BCUT2D eigenvalue weighted by molar-refractivity contribution is 9.11. The van der Waals surface area contributed by atoms with E-state index in [1.54, 1.807) is 22.7 Å². The molecule has 0 amide bonds. The minimum absolute atomic E-state index is 0.288. The zero-order valence-electron chi connectivity index (χ0n) is 8.94. The first-order valence-electron chi connectivity index (χ1n) is 5.36. The van der Waals surface area contributed by atoms with E-state index in [0.29, 0.717) is 0 Å². The van der Waals surface area contributed by atoms with Crippen LogP contribution in [0.4, 0.5) is 0 Å². The summed E-state index contributed by atoms with van der Waals surface area (Å²) in [5.74, 6) is 0. The second-order valence-corrected chi connectivity index (χ2v) is 7.51. The minimum Gasteiger partial charge on any atom is -0.239 e. The van der Waals surface area contributed by atoms with Gasteiger partial charge in [0.25, 0.3) is 0 Å². The molecule has 1 aliphatic carbocycles. The van der Waals surface area contributed by atoms with Crippen LogP contribution in [-0.2, 0) is 5.41 Å². The Bertz CT molecular complexity index is 590. The lowest BCUT2D eigenvalue weighted by atomic mass is 9.68. The third-order valence-corrected chi connectivity index (χ3v) is 5.83. The molecule has 0 aliphatic heterocycles. The van der Waals surface area contributed by atoms with Gasteiger partial charge in [-0.2, -0.15) is 5.26 Å². The molecule has 0 spiro atoms. The highest BCUT2D eigenvalue weighted by atomic mass is 79.9. The van der Waals surface area contributed by atoms with E-state index < -0.39 is 0 Å². The van der Waals surface area contributed by atoms with E-state index in [1.165, 1.54) is 4.88 Å². The molecule has 5 heteroatoms. The van der Waals surface area contributed by atoms with E-state index in [-0.39, 0.29) is 5.41 Å². The molecular weight excluding hydrogens is 316 g/mol. The summed E-state index contributed by atoms with van der Waals surface area (Å²) in [6.45, 7) is 0. The Morgan fingerprint density at radius 3 is 2.76 bits per heavy atom. The zero-order chi connectivity index (χ0) is 11.9. The Hall–Kier alpha value is -0.700. The zero-order valence-corrected chi connectivity index (χ0v) is 12.2. The van der Waals surface area contributed by atoms with Crippen molar-refractivity contribution in [3.63, 3.8) is 0 Å². The SMILES string of the molecule is N#CC1(c2csc(-c3ccc(Br)s3)n2)CCC1. The van der Waals surface area contributed by atoms with Gasteiger partial charge in [0, 0.05) is 5.38 Å². The van der Waals surface area contributed by atoms with Gasteiger partial charge < -0.3 is 0 Å². The molecule has 0 aromatic carbocycles. The van der Waals surface area contributed by atoms with Crippen LogP contribution in [0.1, 0.15) is 25.0 Å². The Kier molecular flexibility index (Phi) is 2.81. The van der Waals surface area contributed by atoms with Crippen molar-refractivity contribution in [2.24, 2.45) is 0 Å². The molecule has 2 aromatic rings. The lowest BCUT2D eigenvalue weighted by Crippen LogP contribution is -2.32. The molecule has 1 fully saturated rings. The standard InChI is InChI=1S/C12H9BrN2S2/c13-10-3-2-8(17-10)11-15-9(6-16-11)12(7-14)4-1-5-12/h2-3,6H,1,4-5H2. The Labute approximate surface area is 116 Å². The van der Waals surface area contributed by atoms with Gasteiger partial charge in [0.1, 0.15) is 10.4 Å². The highest BCUT2D eigenvalue weighted by Gasteiger charge is 2.41. The molecular formula is C12H9BrN2S2. The van der Waals surface area contributed by atoms with Crippen LogP contribution in [0.25, 0.3) is 9.88 Å². The number of hydrogen-bond donors (Lipinski definition) is 0. The molecule has 3 rings (SSSR count). The van der Waals surface area contributed by atoms with Gasteiger partial charge >= 0.3 is 0 Å². The number of aromatic nitrogens is 1. The number of hydrogen-bond acceptors (Lipinski definition) is 4. The number of thiophene rings is 1. The molecule has 1 saturated carbocycles. The molecule has 0 bridgehead atoms. The molecule has 0 radical (unpaired) electrons. The molecule has 0 atom stereocenters. The number of rotatable bonds is 2. The first kappa shape index (κ1) is 11.4. The average molecular weight is 325 g/mol. The van der Waals surface area contributed by atoms with Gasteiger partial charge in [-0.25, -0.2) is 4.98 Å². The van der Waals surface area contributed by atoms with Crippen molar-refractivity contribution in [1.82, 2.24) is 4.98 Å². The van der Waals surface area contributed by atoms with E-state index in [4.69, 9.17) is 0 Å². The third kappa shape index (κ3) is 1.85. The van der Waals surface area contributed by atoms with Crippen molar-refractivity contribution in [2.75, 3.05) is 0 Å². The molecule has 0 saturated heterocycles. The van der Waals surface area contributed by atoms with Gasteiger partial charge in [-0.15, -0.1) is 22.7 Å². The van der Waals surface area contributed by atoms with Crippen molar-refractivity contribution in [3.05, 3.63) is 27.0 Å². The summed E-state index contributed by atoms with van der Waals surface area (Å²) < 4.78 is 1.11. The number of halogens is 1. The van der Waals surface area contributed by atoms with Crippen LogP contribution < -0.4 is 0 Å². The molecule has 17 heavy (non-hydrogen) atoms. The largest absolute Gasteiger partial charge is 0.239 e. The second kappa shape index (κ2) is 4.20. The van der Waals surface area contributed by atoms with Gasteiger partial charge in [-0.3, -0.25) is 0 Å². The van der Waals surface area contributed by atoms with Crippen LogP contribution in [-0.4, -0.2) is 4.98 Å². The fourth-order valence-corrected chi connectivity index (χ4v) is 4.37. The van der Waals surface area contributed by atoms with Crippen LogP contribution >= 0.6 is 38.6 Å².